The molecule has 1 radical (unpaired) electrons. The van der Waals surface area contributed by atoms with Gasteiger partial charge in [0.15, 0.2) is 0 Å². The molecule has 133 valence electrons. The second-order valence-electron chi connectivity index (χ2n) is 2.44. The Hall–Kier alpha value is 1.71. The zero-order valence-corrected chi connectivity index (χ0v) is 18.6. The van der Waals surface area contributed by atoms with Crippen LogP contribution in [0.5, 0.6) is 0 Å². The fraction of sp³-hybridized carbons (Fsp3) is 1.00. The van der Waals surface area contributed by atoms with Crippen molar-refractivity contribution in [2.45, 2.75) is 0 Å². The van der Waals surface area contributed by atoms with Crippen LogP contribution in [0.25, 0.3) is 0 Å². The molecular formula is C6H18CeO12P3. The fourth-order valence-electron chi connectivity index (χ4n) is 0.224. The molecule has 0 saturated carbocycles. The molecular weight excluding hydrogens is 497 g/mol. The molecule has 0 aromatic rings. The number of phosphoric ester groups is 3. The summed E-state index contributed by atoms with van der Waals surface area (Å²) in [7, 11) is -5.48. The van der Waals surface area contributed by atoms with Crippen LogP contribution in [0.15, 0.2) is 0 Å². The van der Waals surface area contributed by atoms with Crippen molar-refractivity contribution in [2.75, 3.05) is 42.7 Å². The molecule has 0 amide bonds. The van der Waals surface area contributed by atoms with Crippen molar-refractivity contribution in [3.8, 4) is 0 Å². The van der Waals surface area contributed by atoms with E-state index in [9.17, 15) is 28.4 Å². The SMILES string of the molecule is COP(=O)([O-])OC.COP(=O)([O-])OC.COP(=O)([O-])OC.[Ce+3]. The summed E-state index contributed by atoms with van der Waals surface area (Å²) < 4.78 is 53.0. The van der Waals surface area contributed by atoms with Crippen LogP contribution in [-0.4, -0.2) is 42.7 Å². The summed E-state index contributed by atoms with van der Waals surface area (Å²) in [5, 5.41) is 0. The molecule has 0 saturated heterocycles. The first-order valence-corrected chi connectivity index (χ1v) is 9.02. The Balaban J connectivity index is -0.000000108. The van der Waals surface area contributed by atoms with Crippen LogP contribution in [0.4, 0.5) is 0 Å². The van der Waals surface area contributed by atoms with Gasteiger partial charge in [0.25, 0.3) is 23.5 Å². The van der Waals surface area contributed by atoms with Gasteiger partial charge in [0.05, 0.1) is 0 Å². The summed E-state index contributed by atoms with van der Waals surface area (Å²) in [5.41, 5.74) is 0. The maximum Gasteiger partial charge on any atom is 3.00 e. The predicted octanol–water partition coefficient (Wildman–Crippen LogP) is -0.757. The van der Waals surface area contributed by atoms with Crippen molar-refractivity contribution in [3.63, 3.8) is 0 Å². The number of phosphoric acid groups is 3. The summed E-state index contributed by atoms with van der Waals surface area (Å²) in [4.78, 5) is 29.9. The van der Waals surface area contributed by atoms with Gasteiger partial charge in [0.2, 0.25) is 0 Å². The maximum absolute atomic E-state index is 9.95. The van der Waals surface area contributed by atoms with E-state index in [-0.39, 0.29) is 41.7 Å². The first-order chi connectivity index (χ1) is 9.36. The first kappa shape index (κ1) is 31.5. The first-order valence-electron chi connectivity index (χ1n) is 4.64. The quantitative estimate of drug-likeness (QED) is 0.405. The molecule has 0 aromatic heterocycles. The number of hydrogen-bond acceptors (Lipinski definition) is 12. The van der Waals surface area contributed by atoms with Crippen LogP contribution in [0.3, 0.4) is 0 Å². The van der Waals surface area contributed by atoms with E-state index in [1.54, 1.807) is 0 Å². The minimum absolute atomic E-state index is 0. The van der Waals surface area contributed by atoms with Crippen molar-refractivity contribution in [2.24, 2.45) is 0 Å². The van der Waals surface area contributed by atoms with E-state index in [1.165, 1.54) is 0 Å². The molecule has 0 bridgehead atoms. The van der Waals surface area contributed by atoms with Gasteiger partial charge >= 0.3 is 41.7 Å². The Morgan fingerprint density at radius 1 is 0.500 bits per heavy atom. The average molecular weight is 515 g/mol. The topological polar surface area (TPSA) is 176 Å². The molecule has 22 heavy (non-hydrogen) atoms. The molecule has 0 aromatic carbocycles. The van der Waals surface area contributed by atoms with Crippen molar-refractivity contribution in [1.29, 1.82) is 0 Å². The van der Waals surface area contributed by atoms with Crippen LogP contribution >= 0.6 is 23.5 Å². The molecule has 0 N–H and O–H groups in total. The van der Waals surface area contributed by atoms with E-state index < -0.39 is 23.5 Å². The van der Waals surface area contributed by atoms with Crippen LogP contribution in [0.1, 0.15) is 0 Å². The third-order valence-corrected chi connectivity index (χ3v) is 4.02. The maximum atomic E-state index is 9.95. The molecule has 0 spiro atoms. The standard InChI is InChI=1S/3C2H7O4P.Ce/c3*1-5-7(3,4)6-2;/h3*1-2H3,(H,3,4);/q;;;+3/p-3. The van der Waals surface area contributed by atoms with E-state index >= 15 is 0 Å². The molecule has 0 unspecified atom stereocenters. The minimum atomic E-state index is -3.90. The molecule has 0 aliphatic rings. The molecule has 0 rings (SSSR count). The molecule has 0 aliphatic heterocycles. The van der Waals surface area contributed by atoms with Gasteiger partial charge in [-0.1, -0.05) is 0 Å². The molecule has 0 atom stereocenters. The normalized spacial score (nSPS) is 11.3. The van der Waals surface area contributed by atoms with Gasteiger partial charge < -0.3 is 41.8 Å². The number of hydrogen-bond donors (Lipinski definition) is 0. The van der Waals surface area contributed by atoms with Gasteiger partial charge in [-0.15, -0.1) is 0 Å². The van der Waals surface area contributed by atoms with Crippen LogP contribution in [0.2, 0.25) is 0 Å². The largest absolute Gasteiger partial charge is 3.00 e. The van der Waals surface area contributed by atoms with E-state index in [0.29, 0.717) is 0 Å². The van der Waals surface area contributed by atoms with Crippen LogP contribution in [0, 0.1) is 41.7 Å². The molecule has 16 heteroatoms. The average Bonchev–Trinajstić information content (AvgIpc) is 2.48. The molecule has 0 heterocycles. The molecule has 0 fully saturated rings. The number of rotatable bonds is 6. The van der Waals surface area contributed by atoms with Gasteiger partial charge in [-0.25, -0.2) is 0 Å². The third kappa shape index (κ3) is 24.0. The third-order valence-electron chi connectivity index (χ3n) is 1.34. The van der Waals surface area contributed by atoms with E-state index in [2.05, 4.69) is 27.1 Å². The van der Waals surface area contributed by atoms with Gasteiger partial charge in [-0.3, -0.25) is 13.7 Å². The van der Waals surface area contributed by atoms with Crippen LogP contribution < -0.4 is 14.7 Å². The summed E-state index contributed by atoms with van der Waals surface area (Å²) in [6.45, 7) is 0. The Bertz CT molecular complexity index is 308. The minimum Gasteiger partial charge on any atom is -0.756 e. The second kappa shape index (κ2) is 16.2. The van der Waals surface area contributed by atoms with Crippen molar-refractivity contribution in [3.05, 3.63) is 0 Å². The zero-order valence-electron chi connectivity index (χ0n) is 12.7. The fourth-order valence-corrected chi connectivity index (χ4v) is 0.671. The summed E-state index contributed by atoms with van der Waals surface area (Å²) in [6, 6.07) is 0. The second-order valence-corrected chi connectivity index (χ2v) is 7.31. The van der Waals surface area contributed by atoms with Crippen molar-refractivity contribution < 1.29 is 97.3 Å². The van der Waals surface area contributed by atoms with E-state index in [0.717, 1.165) is 42.7 Å². The Morgan fingerprint density at radius 2 is 0.591 bits per heavy atom. The summed E-state index contributed by atoms with van der Waals surface area (Å²) in [5.74, 6) is 0. The summed E-state index contributed by atoms with van der Waals surface area (Å²) >= 11 is 0. The van der Waals surface area contributed by atoms with Crippen LogP contribution in [-0.2, 0) is 40.8 Å². The van der Waals surface area contributed by atoms with Gasteiger partial charge in [0.1, 0.15) is 0 Å². The summed E-state index contributed by atoms with van der Waals surface area (Å²) in [6.07, 6.45) is 0. The molecule has 12 nitrogen and oxygen atoms in total. The van der Waals surface area contributed by atoms with Crippen molar-refractivity contribution in [1.82, 2.24) is 0 Å². The van der Waals surface area contributed by atoms with E-state index in [4.69, 9.17) is 0 Å². The van der Waals surface area contributed by atoms with E-state index in [1.807, 2.05) is 0 Å². The predicted molar refractivity (Wildman–Crippen MR) is 64.9 cm³/mol. The molecule has 0 aliphatic carbocycles. The van der Waals surface area contributed by atoms with Crippen molar-refractivity contribution >= 4 is 23.5 Å². The Kier molecular flexibility index (Phi) is 23.2. The Labute approximate surface area is 162 Å². The van der Waals surface area contributed by atoms with Gasteiger partial charge in [0, 0.05) is 42.7 Å². The van der Waals surface area contributed by atoms with Gasteiger partial charge in [-0.05, 0) is 0 Å². The zero-order chi connectivity index (χ0) is 17.7. The Morgan fingerprint density at radius 3 is 0.591 bits per heavy atom. The monoisotopic (exact) mass is 515 g/mol. The smallest absolute Gasteiger partial charge is 0.756 e. The van der Waals surface area contributed by atoms with Gasteiger partial charge in [-0.2, -0.15) is 0 Å².